The van der Waals surface area contributed by atoms with Crippen molar-refractivity contribution >= 4 is 11.8 Å². The normalized spacial score (nSPS) is 21.5. The van der Waals surface area contributed by atoms with E-state index in [1.165, 1.54) is 44.3 Å². The van der Waals surface area contributed by atoms with E-state index in [-0.39, 0.29) is 0 Å². The van der Waals surface area contributed by atoms with E-state index in [0.29, 0.717) is 4.75 Å². The van der Waals surface area contributed by atoms with E-state index in [4.69, 9.17) is 0 Å². The zero-order chi connectivity index (χ0) is 9.73. The Morgan fingerprint density at radius 3 is 2.00 bits per heavy atom. The van der Waals surface area contributed by atoms with E-state index >= 15 is 0 Å². The first kappa shape index (κ1) is 11.4. The summed E-state index contributed by atoms with van der Waals surface area (Å²) in [6, 6.07) is 0. The van der Waals surface area contributed by atoms with Gasteiger partial charge in [0.25, 0.3) is 0 Å². The van der Waals surface area contributed by atoms with Gasteiger partial charge in [-0.2, -0.15) is 11.8 Å². The Hall–Kier alpha value is 0.350. The van der Waals surface area contributed by atoms with Gasteiger partial charge in [0.1, 0.15) is 0 Å². The summed E-state index contributed by atoms with van der Waals surface area (Å²) >= 11 is 2.15. The zero-order valence-corrected chi connectivity index (χ0v) is 10.3. The van der Waals surface area contributed by atoms with Gasteiger partial charge in [0.2, 0.25) is 0 Å². The minimum Gasteiger partial charge on any atom is -0.156 e. The summed E-state index contributed by atoms with van der Waals surface area (Å²) in [6.07, 6.45) is 8.91. The zero-order valence-electron chi connectivity index (χ0n) is 9.44. The molecular formula is C12H24S. The van der Waals surface area contributed by atoms with Crippen LogP contribution in [-0.2, 0) is 0 Å². The molecule has 0 aromatic rings. The standard InChI is InChI=1S/C12H24S/c1-12(2,3)13-10-11-8-6-4-5-7-9-11/h11H,4-10H2,1-3H3. The van der Waals surface area contributed by atoms with Crippen molar-refractivity contribution in [2.24, 2.45) is 5.92 Å². The molecule has 0 saturated heterocycles. The molecule has 13 heavy (non-hydrogen) atoms. The number of hydrogen-bond donors (Lipinski definition) is 0. The molecule has 0 radical (unpaired) electrons. The Morgan fingerprint density at radius 2 is 1.54 bits per heavy atom. The summed E-state index contributed by atoms with van der Waals surface area (Å²) in [5.74, 6) is 2.41. The first-order chi connectivity index (χ1) is 6.08. The second-order valence-electron chi connectivity index (χ2n) is 5.28. The van der Waals surface area contributed by atoms with Gasteiger partial charge in [-0.25, -0.2) is 0 Å². The smallest absolute Gasteiger partial charge is 0.00751 e. The third-order valence-corrected chi connectivity index (χ3v) is 4.23. The highest BCUT2D eigenvalue weighted by Crippen LogP contribution is 2.31. The lowest BCUT2D eigenvalue weighted by Gasteiger charge is -2.21. The minimum absolute atomic E-state index is 0.465. The van der Waals surface area contributed by atoms with Crippen molar-refractivity contribution in [2.45, 2.75) is 64.0 Å². The largest absolute Gasteiger partial charge is 0.156 e. The fourth-order valence-electron chi connectivity index (χ4n) is 1.90. The molecule has 1 aliphatic carbocycles. The van der Waals surface area contributed by atoms with Gasteiger partial charge in [0, 0.05) is 4.75 Å². The minimum atomic E-state index is 0.465. The molecule has 1 saturated carbocycles. The molecule has 0 aliphatic heterocycles. The van der Waals surface area contributed by atoms with Gasteiger partial charge in [-0.15, -0.1) is 0 Å². The van der Waals surface area contributed by atoms with Crippen molar-refractivity contribution in [3.05, 3.63) is 0 Å². The molecule has 78 valence electrons. The van der Waals surface area contributed by atoms with Crippen LogP contribution in [0, 0.1) is 5.92 Å². The molecule has 1 aliphatic rings. The monoisotopic (exact) mass is 200 g/mol. The summed E-state index contributed by atoms with van der Waals surface area (Å²) < 4.78 is 0.465. The van der Waals surface area contributed by atoms with E-state index in [1.807, 2.05) is 0 Å². The van der Waals surface area contributed by atoms with E-state index in [2.05, 4.69) is 32.5 Å². The van der Waals surface area contributed by atoms with Gasteiger partial charge in [0.15, 0.2) is 0 Å². The van der Waals surface area contributed by atoms with E-state index in [0.717, 1.165) is 5.92 Å². The van der Waals surface area contributed by atoms with Crippen molar-refractivity contribution in [1.82, 2.24) is 0 Å². The fraction of sp³-hybridized carbons (Fsp3) is 1.00. The first-order valence-corrected chi connectivity index (χ1v) is 6.70. The van der Waals surface area contributed by atoms with Crippen LogP contribution in [0.15, 0.2) is 0 Å². The van der Waals surface area contributed by atoms with Crippen LogP contribution in [0.5, 0.6) is 0 Å². The molecule has 0 spiro atoms. The molecule has 1 fully saturated rings. The lowest BCUT2D eigenvalue weighted by atomic mass is 10.0. The summed E-state index contributed by atoms with van der Waals surface area (Å²) in [7, 11) is 0. The average Bonchev–Trinajstić information content (AvgIpc) is 2.26. The van der Waals surface area contributed by atoms with Crippen molar-refractivity contribution in [3.8, 4) is 0 Å². The van der Waals surface area contributed by atoms with E-state index in [1.54, 1.807) is 0 Å². The molecule has 0 aromatic heterocycles. The van der Waals surface area contributed by atoms with Gasteiger partial charge >= 0.3 is 0 Å². The van der Waals surface area contributed by atoms with Crippen LogP contribution in [0.25, 0.3) is 0 Å². The SMILES string of the molecule is CC(C)(C)SCC1CCCCCC1. The van der Waals surface area contributed by atoms with Crippen LogP contribution in [0.3, 0.4) is 0 Å². The van der Waals surface area contributed by atoms with Gasteiger partial charge in [-0.3, -0.25) is 0 Å². The Bertz CT molecular complexity index is 127. The third-order valence-electron chi connectivity index (χ3n) is 2.73. The predicted octanol–water partition coefficient (Wildman–Crippen LogP) is 4.49. The number of thioether (sulfide) groups is 1. The van der Waals surface area contributed by atoms with Crippen molar-refractivity contribution in [2.75, 3.05) is 5.75 Å². The molecule has 1 heteroatoms. The fourth-order valence-corrected chi connectivity index (χ4v) is 2.97. The van der Waals surface area contributed by atoms with Crippen LogP contribution >= 0.6 is 11.8 Å². The van der Waals surface area contributed by atoms with Crippen molar-refractivity contribution in [1.29, 1.82) is 0 Å². The summed E-state index contributed by atoms with van der Waals surface area (Å²) in [5.41, 5.74) is 0. The highest BCUT2D eigenvalue weighted by Gasteiger charge is 2.16. The van der Waals surface area contributed by atoms with Crippen LogP contribution < -0.4 is 0 Å². The van der Waals surface area contributed by atoms with Crippen molar-refractivity contribution in [3.63, 3.8) is 0 Å². The summed E-state index contributed by atoms with van der Waals surface area (Å²) in [6.45, 7) is 6.98. The Balaban J connectivity index is 2.19. The average molecular weight is 200 g/mol. The highest BCUT2D eigenvalue weighted by molar-refractivity contribution is 8.00. The quantitative estimate of drug-likeness (QED) is 0.592. The van der Waals surface area contributed by atoms with Gasteiger partial charge < -0.3 is 0 Å². The Kier molecular flexibility index (Phi) is 4.64. The Morgan fingerprint density at radius 1 is 1.00 bits per heavy atom. The maximum atomic E-state index is 2.33. The molecular weight excluding hydrogens is 176 g/mol. The predicted molar refractivity (Wildman–Crippen MR) is 63.4 cm³/mol. The van der Waals surface area contributed by atoms with Crippen LogP contribution in [0.1, 0.15) is 59.3 Å². The maximum absolute atomic E-state index is 2.33. The van der Waals surface area contributed by atoms with Gasteiger partial charge in [-0.05, 0) is 24.5 Å². The van der Waals surface area contributed by atoms with E-state index < -0.39 is 0 Å². The molecule has 0 aromatic carbocycles. The summed E-state index contributed by atoms with van der Waals surface area (Å²) in [5, 5.41) is 0. The lowest BCUT2D eigenvalue weighted by molar-refractivity contribution is 0.511. The molecule has 0 N–H and O–H groups in total. The summed E-state index contributed by atoms with van der Waals surface area (Å²) in [4.78, 5) is 0. The molecule has 0 atom stereocenters. The first-order valence-electron chi connectivity index (χ1n) is 5.72. The molecule has 0 unspecified atom stereocenters. The maximum Gasteiger partial charge on any atom is 0.00751 e. The molecule has 0 amide bonds. The Labute approximate surface area is 87.9 Å². The van der Waals surface area contributed by atoms with Crippen LogP contribution in [0.2, 0.25) is 0 Å². The molecule has 0 heterocycles. The van der Waals surface area contributed by atoms with Crippen molar-refractivity contribution < 1.29 is 0 Å². The van der Waals surface area contributed by atoms with E-state index in [9.17, 15) is 0 Å². The van der Waals surface area contributed by atoms with Gasteiger partial charge in [-0.1, -0.05) is 46.5 Å². The van der Waals surface area contributed by atoms with Gasteiger partial charge in [0.05, 0.1) is 0 Å². The molecule has 0 bridgehead atoms. The third kappa shape index (κ3) is 5.61. The molecule has 1 rings (SSSR count). The van der Waals surface area contributed by atoms with Crippen LogP contribution in [0.4, 0.5) is 0 Å². The topological polar surface area (TPSA) is 0 Å². The highest BCUT2D eigenvalue weighted by atomic mass is 32.2. The molecule has 0 nitrogen and oxygen atoms in total. The van der Waals surface area contributed by atoms with Crippen LogP contribution in [-0.4, -0.2) is 10.5 Å². The lowest BCUT2D eigenvalue weighted by Crippen LogP contribution is -2.12. The number of rotatable bonds is 2. The second-order valence-corrected chi connectivity index (χ2v) is 7.13. The number of hydrogen-bond acceptors (Lipinski definition) is 1. The second kappa shape index (κ2) is 5.29.